The van der Waals surface area contributed by atoms with Gasteiger partial charge in [0, 0.05) is 13.1 Å². The first-order valence-corrected chi connectivity index (χ1v) is 10.5. The molecule has 5 heteroatoms. The summed E-state index contributed by atoms with van der Waals surface area (Å²) >= 11 is 0. The Morgan fingerprint density at radius 3 is 2.52 bits per heavy atom. The van der Waals surface area contributed by atoms with Crippen molar-refractivity contribution in [3.63, 3.8) is 0 Å². The van der Waals surface area contributed by atoms with Crippen molar-refractivity contribution in [3.05, 3.63) is 24.3 Å². The van der Waals surface area contributed by atoms with Crippen LogP contribution in [0.5, 0.6) is 0 Å². The first-order valence-electron chi connectivity index (χ1n) is 7.55. The number of fused-ring (bicyclic) bond motifs is 1. The SMILES string of the molecule is CC(C)(C)[Si](C)(C)OC1CN(c2nc3ccccc3o2)C1. The van der Waals surface area contributed by atoms with Crippen LogP contribution in [-0.2, 0) is 4.43 Å². The summed E-state index contributed by atoms with van der Waals surface area (Å²) < 4.78 is 12.2. The van der Waals surface area contributed by atoms with Crippen molar-refractivity contribution in [1.29, 1.82) is 0 Å². The fourth-order valence-electron chi connectivity index (χ4n) is 2.26. The van der Waals surface area contributed by atoms with Gasteiger partial charge in [-0.25, -0.2) is 0 Å². The lowest BCUT2D eigenvalue weighted by atomic mass is 10.2. The molecular formula is C16H24N2O2Si. The first-order chi connectivity index (χ1) is 9.76. The van der Waals surface area contributed by atoms with Gasteiger partial charge in [-0.2, -0.15) is 4.98 Å². The molecule has 0 amide bonds. The van der Waals surface area contributed by atoms with Gasteiger partial charge < -0.3 is 13.7 Å². The summed E-state index contributed by atoms with van der Waals surface area (Å²) in [6, 6.07) is 8.59. The lowest BCUT2D eigenvalue weighted by Gasteiger charge is -2.45. The summed E-state index contributed by atoms with van der Waals surface area (Å²) in [5, 5.41) is 0.255. The third-order valence-electron chi connectivity index (χ3n) is 4.67. The van der Waals surface area contributed by atoms with Crippen molar-refractivity contribution in [2.45, 2.75) is 45.0 Å². The minimum Gasteiger partial charge on any atom is -0.423 e. The Balaban J connectivity index is 1.63. The van der Waals surface area contributed by atoms with Gasteiger partial charge in [-0.3, -0.25) is 0 Å². The second kappa shape index (κ2) is 4.85. The van der Waals surface area contributed by atoms with Gasteiger partial charge in [0.05, 0.1) is 6.10 Å². The van der Waals surface area contributed by atoms with E-state index in [-0.39, 0.29) is 5.04 Å². The Hall–Kier alpha value is -1.33. The quantitative estimate of drug-likeness (QED) is 0.802. The van der Waals surface area contributed by atoms with Crippen molar-refractivity contribution < 1.29 is 8.84 Å². The number of aromatic nitrogens is 1. The monoisotopic (exact) mass is 304 g/mol. The normalized spacial score (nSPS) is 17.3. The molecule has 1 aromatic heterocycles. The lowest BCUT2D eigenvalue weighted by Crippen LogP contribution is -2.58. The maximum Gasteiger partial charge on any atom is 0.298 e. The highest BCUT2D eigenvalue weighted by Crippen LogP contribution is 2.38. The van der Waals surface area contributed by atoms with Gasteiger partial charge in [0.2, 0.25) is 0 Å². The van der Waals surface area contributed by atoms with Crippen LogP contribution < -0.4 is 4.90 Å². The standard InChI is InChI=1S/C16H24N2O2Si/c1-16(2,3)21(4,5)20-12-10-18(11-12)15-17-13-8-6-7-9-14(13)19-15/h6-9,12H,10-11H2,1-5H3. The molecule has 3 rings (SSSR count). The van der Waals surface area contributed by atoms with Crippen LogP contribution in [0.15, 0.2) is 28.7 Å². The number of hydrogen-bond donors (Lipinski definition) is 0. The van der Waals surface area contributed by atoms with E-state index in [4.69, 9.17) is 8.84 Å². The molecule has 0 aliphatic carbocycles. The summed E-state index contributed by atoms with van der Waals surface area (Å²) in [5.74, 6) is 0. The number of hydrogen-bond acceptors (Lipinski definition) is 4. The Labute approximate surface area is 127 Å². The maximum atomic E-state index is 6.39. The van der Waals surface area contributed by atoms with Crippen LogP contribution in [-0.4, -0.2) is 32.5 Å². The fraction of sp³-hybridized carbons (Fsp3) is 0.562. The summed E-state index contributed by atoms with van der Waals surface area (Å²) in [6.45, 7) is 13.2. The number of rotatable bonds is 3. The van der Waals surface area contributed by atoms with E-state index in [0.29, 0.717) is 12.1 Å². The lowest BCUT2D eigenvalue weighted by molar-refractivity contribution is 0.145. The molecule has 0 N–H and O–H groups in total. The molecule has 0 atom stereocenters. The van der Waals surface area contributed by atoms with Gasteiger partial charge >= 0.3 is 0 Å². The minimum absolute atomic E-state index is 0.255. The average Bonchev–Trinajstić information content (AvgIpc) is 2.74. The van der Waals surface area contributed by atoms with E-state index in [9.17, 15) is 0 Å². The van der Waals surface area contributed by atoms with Crippen molar-refractivity contribution >= 4 is 25.4 Å². The van der Waals surface area contributed by atoms with Crippen LogP contribution in [0.2, 0.25) is 18.1 Å². The maximum absolute atomic E-state index is 6.39. The molecule has 0 radical (unpaired) electrons. The van der Waals surface area contributed by atoms with E-state index in [1.165, 1.54) is 0 Å². The minimum atomic E-state index is -1.68. The van der Waals surface area contributed by atoms with Gasteiger partial charge in [0.1, 0.15) is 5.52 Å². The van der Waals surface area contributed by atoms with Gasteiger partial charge in [0.15, 0.2) is 13.9 Å². The van der Waals surface area contributed by atoms with Crippen molar-refractivity contribution in [1.82, 2.24) is 4.98 Å². The molecule has 0 bridgehead atoms. The largest absolute Gasteiger partial charge is 0.423 e. The molecule has 1 aliphatic heterocycles. The van der Waals surface area contributed by atoms with Crippen LogP contribution in [0.25, 0.3) is 11.1 Å². The Kier molecular flexibility index (Phi) is 3.37. The van der Waals surface area contributed by atoms with Crippen LogP contribution in [0, 0.1) is 0 Å². The van der Waals surface area contributed by atoms with E-state index < -0.39 is 8.32 Å². The smallest absolute Gasteiger partial charge is 0.298 e. The molecule has 21 heavy (non-hydrogen) atoms. The fourth-order valence-corrected chi connectivity index (χ4v) is 3.59. The number of benzene rings is 1. The van der Waals surface area contributed by atoms with E-state index in [2.05, 4.69) is 43.7 Å². The molecule has 0 saturated carbocycles. The van der Waals surface area contributed by atoms with Crippen molar-refractivity contribution in [2.24, 2.45) is 0 Å². The predicted molar refractivity (Wildman–Crippen MR) is 88.3 cm³/mol. The molecule has 2 aromatic rings. The third-order valence-corrected chi connectivity index (χ3v) is 9.20. The Morgan fingerprint density at radius 1 is 1.24 bits per heavy atom. The summed E-state index contributed by atoms with van der Waals surface area (Å²) in [5.41, 5.74) is 1.77. The highest BCUT2D eigenvalue weighted by molar-refractivity contribution is 6.74. The zero-order valence-electron chi connectivity index (χ0n) is 13.5. The average molecular weight is 304 g/mol. The van der Waals surface area contributed by atoms with Crippen molar-refractivity contribution in [3.8, 4) is 0 Å². The zero-order chi connectivity index (χ0) is 15.3. The van der Waals surface area contributed by atoms with Crippen LogP contribution in [0.4, 0.5) is 6.01 Å². The molecule has 1 aliphatic rings. The first kappa shape index (κ1) is 14.6. The zero-order valence-corrected chi connectivity index (χ0v) is 14.5. The van der Waals surface area contributed by atoms with Crippen molar-refractivity contribution in [2.75, 3.05) is 18.0 Å². The number of para-hydroxylation sites is 2. The molecule has 1 saturated heterocycles. The van der Waals surface area contributed by atoms with Crippen LogP contribution in [0.1, 0.15) is 20.8 Å². The van der Waals surface area contributed by atoms with Gasteiger partial charge in [-0.15, -0.1) is 0 Å². The molecule has 1 fully saturated rings. The third kappa shape index (κ3) is 2.72. The molecule has 0 unspecified atom stereocenters. The van der Waals surface area contributed by atoms with E-state index in [1.807, 2.05) is 24.3 Å². The highest BCUT2D eigenvalue weighted by atomic mass is 28.4. The topological polar surface area (TPSA) is 38.5 Å². The molecule has 0 spiro atoms. The van der Waals surface area contributed by atoms with E-state index in [1.54, 1.807) is 0 Å². The van der Waals surface area contributed by atoms with E-state index >= 15 is 0 Å². The second-order valence-electron chi connectivity index (χ2n) is 7.37. The van der Waals surface area contributed by atoms with Crippen LogP contribution >= 0.6 is 0 Å². The number of nitrogens with zero attached hydrogens (tertiary/aromatic N) is 2. The Bertz CT molecular complexity index is 606. The summed E-state index contributed by atoms with van der Waals surface area (Å²) in [4.78, 5) is 6.68. The predicted octanol–water partition coefficient (Wildman–Crippen LogP) is 4.04. The van der Waals surface area contributed by atoms with Crippen LogP contribution in [0.3, 0.4) is 0 Å². The van der Waals surface area contributed by atoms with Gasteiger partial charge in [0.25, 0.3) is 6.01 Å². The van der Waals surface area contributed by atoms with Gasteiger partial charge in [-0.1, -0.05) is 32.9 Å². The Morgan fingerprint density at radius 2 is 1.90 bits per heavy atom. The second-order valence-corrected chi connectivity index (χ2v) is 12.1. The molecule has 114 valence electrons. The summed E-state index contributed by atoms with van der Waals surface area (Å²) in [7, 11) is -1.68. The molecular weight excluding hydrogens is 280 g/mol. The summed E-state index contributed by atoms with van der Waals surface area (Å²) in [6.07, 6.45) is 0.306. The number of anilines is 1. The number of oxazole rings is 1. The van der Waals surface area contributed by atoms with E-state index in [0.717, 1.165) is 24.2 Å². The van der Waals surface area contributed by atoms with Gasteiger partial charge in [-0.05, 0) is 30.3 Å². The molecule has 2 heterocycles. The highest BCUT2D eigenvalue weighted by Gasteiger charge is 2.42. The molecule has 1 aromatic carbocycles. The molecule has 4 nitrogen and oxygen atoms in total.